The maximum atomic E-state index is 5.56. The number of rotatable bonds is 4. The Labute approximate surface area is 159 Å². The van der Waals surface area contributed by atoms with Gasteiger partial charge in [0.1, 0.15) is 5.75 Å². The Morgan fingerprint density at radius 3 is 2.12 bits per heavy atom. The SMILES string of the molecule is COc1ccccc1N1CC[NH+](C2CC[NH+](C3CCCCC3)CC2)CC1. The maximum absolute atomic E-state index is 5.56. The lowest BCUT2D eigenvalue weighted by Crippen LogP contribution is -3.23. The molecule has 0 radical (unpaired) electrons. The van der Waals surface area contributed by atoms with E-state index in [1.807, 2.05) is 9.80 Å². The Kier molecular flexibility index (Phi) is 6.01. The molecule has 1 aromatic rings. The number of hydrogen-bond acceptors (Lipinski definition) is 2. The summed E-state index contributed by atoms with van der Waals surface area (Å²) in [6, 6.07) is 10.4. The van der Waals surface area contributed by atoms with Crippen LogP contribution in [0, 0.1) is 0 Å². The van der Waals surface area contributed by atoms with Crippen LogP contribution in [0.5, 0.6) is 5.75 Å². The molecular weight excluding hydrogens is 322 g/mol. The van der Waals surface area contributed by atoms with Gasteiger partial charge in [0.05, 0.1) is 64.1 Å². The van der Waals surface area contributed by atoms with Crippen LogP contribution in [0.25, 0.3) is 0 Å². The molecule has 2 saturated heterocycles. The highest BCUT2D eigenvalue weighted by molar-refractivity contribution is 5.58. The van der Waals surface area contributed by atoms with Crippen LogP contribution in [0.1, 0.15) is 44.9 Å². The van der Waals surface area contributed by atoms with Gasteiger partial charge in [-0.3, -0.25) is 0 Å². The molecular formula is C22H37N3O+2. The van der Waals surface area contributed by atoms with Crippen molar-refractivity contribution in [3.63, 3.8) is 0 Å². The number of para-hydroxylation sites is 2. The van der Waals surface area contributed by atoms with Gasteiger partial charge >= 0.3 is 0 Å². The fraction of sp³-hybridized carbons (Fsp3) is 0.727. The Hall–Kier alpha value is -1.26. The minimum atomic E-state index is 0.905. The van der Waals surface area contributed by atoms with Crippen molar-refractivity contribution in [2.75, 3.05) is 51.3 Å². The average molecular weight is 360 g/mol. The molecule has 1 saturated carbocycles. The molecule has 0 bridgehead atoms. The molecule has 4 rings (SSSR count). The van der Waals surface area contributed by atoms with Gasteiger partial charge in [-0.2, -0.15) is 0 Å². The monoisotopic (exact) mass is 359 g/mol. The summed E-state index contributed by atoms with van der Waals surface area (Å²) < 4.78 is 5.56. The van der Waals surface area contributed by atoms with Crippen molar-refractivity contribution >= 4 is 5.69 Å². The minimum absolute atomic E-state index is 0.905. The largest absolute Gasteiger partial charge is 0.495 e. The van der Waals surface area contributed by atoms with Crippen LogP contribution in [-0.4, -0.2) is 58.5 Å². The molecule has 1 aromatic carbocycles. The summed E-state index contributed by atoms with van der Waals surface area (Å²) in [4.78, 5) is 6.32. The first kappa shape index (κ1) is 18.1. The van der Waals surface area contributed by atoms with Gasteiger partial charge in [0.2, 0.25) is 0 Å². The highest BCUT2D eigenvalue weighted by atomic mass is 16.5. The van der Waals surface area contributed by atoms with Crippen molar-refractivity contribution in [2.45, 2.75) is 57.0 Å². The number of anilines is 1. The number of nitrogens with one attached hydrogen (secondary N) is 2. The molecule has 2 N–H and O–H groups in total. The summed E-state index contributed by atoms with van der Waals surface area (Å²) >= 11 is 0. The Bertz CT molecular complexity index is 556. The van der Waals surface area contributed by atoms with E-state index >= 15 is 0 Å². The van der Waals surface area contributed by atoms with E-state index in [0.29, 0.717) is 0 Å². The number of piperazine rings is 1. The third-order valence-electron chi connectivity index (χ3n) is 7.22. The first-order valence-corrected chi connectivity index (χ1v) is 10.9. The lowest BCUT2D eigenvalue weighted by atomic mass is 9.91. The van der Waals surface area contributed by atoms with Crippen molar-refractivity contribution < 1.29 is 14.5 Å². The molecule has 3 aliphatic rings. The van der Waals surface area contributed by atoms with E-state index in [2.05, 4.69) is 29.2 Å². The second-order valence-electron chi connectivity index (χ2n) is 8.58. The van der Waals surface area contributed by atoms with E-state index in [0.717, 1.165) is 30.9 Å². The molecule has 144 valence electrons. The second-order valence-corrected chi connectivity index (χ2v) is 8.58. The quantitative estimate of drug-likeness (QED) is 0.829. The number of nitrogens with zero attached hydrogens (tertiary/aromatic N) is 1. The van der Waals surface area contributed by atoms with Crippen LogP contribution in [-0.2, 0) is 0 Å². The van der Waals surface area contributed by atoms with Crippen LogP contribution in [0.2, 0.25) is 0 Å². The van der Waals surface area contributed by atoms with Gasteiger partial charge in [0.15, 0.2) is 0 Å². The zero-order chi connectivity index (χ0) is 17.8. The number of benzene rings is 1. The Balaban J connectivity index is 1.26. The number of quaternary nitrogens is 2. The van der Waals surface area contributed by atoms with Gasteiger partial charge in [-0.1, -0.05) is 18.6 Å². The third-order valence-corrected chi connectivity index (χ3v) is 7.22. The summed E-state index contributed by atoms with van der Waals surface area (Å²) in [6.45, 7) is 7.73. The van der Waals surface area contributed by atoms with Crippen molar-refractivity contribution in [1.29, 1.82) is 0 Å². The molecule has 0 spiro atoms. The van der Waals surface area contributed by atoms with Crippen LogP contribution in [0.3, 0.4) is 0 Å². The smallest absolute Gasteiger partial charge is 0.142 e. The first-order chi connectivity index (χ1) is 12.8. The molecule has 1 aliphatic carbocycles. The Morgan fingerprint density at radius 2 is 1.42 bits per heavy atom. The standard InChI is InChI=1S/C22H35N3O/c1-26-22-10-6-5-9-21(22)25-17-15-24(16-18-25)20-11-13-23(14-12-20)19-7-3-2-4-8-19/h5-6,9-10,19-20H,2-4,7-8,11-18H2,1H3/p+2. The molecule has 2 aliphatic heterocycles. The molecule has 2 heterocycles. The highest BCUT2D eigenvalue weighted by Gasteiger charge is 2.35. The highest BCUT2D eigenvalue weighted by Crippen LogP contribution is 2.27. The average Bonchev–Trinajstić information content (AvgIpc) is 2.74. The number of likely N-dealkylation sites (tertiary alicyclic amines) is 1. The lowest BCUT2D eigenvalue weighted by molar-refractivity contribution is -0.969. The molecule has 0 aromatic heterocycles. The van der Waals surface area contributed by atoms with Crippen LogP contribution in [0.15, 0.2) is 24.3 Å². The van der Waals surface area contributed by atoms with Crippen LogP contribution in [0.4, 0.5) is 5.69 Å². The zero-order valence-corrected chi connectivity index (χ0v) is 16.5. The van der Waals surface area contributed by atoms with Crippen molar-refractivity contribution in [3.05, 3.63) is 24.3 Å². The summed E-state index contributed by atoms with van der Waals surface area (Å²) in [7, 11) is 1.78. The predicted molar refractivity (Wildman–Crippen MR) is 106 cm³/mol. The van der Waals surface area contributed by atoms with E-state index in [9.17, 15) is 0 Å². The van der Waals surface area contributed by atoms with E-state index < -0.39 is 0 Å². The minimum Gasteiger partial charge on any atom is -0.495 e. The van der Waals surface area contributed by atoms with Gasteiger partial charge in [-0.15, -0.1) is 0 Å². The fourth-order valence-corrected chi connectivity index (χ4v) is 5.65. The number of ether oxygens (including phenoxy) is 1. The van der Waals surface area contributed by atoms with E-state index in [4.69, 9.17) is 4.74 Å². The number of piperidine rings is 1. The number of methoxy groups -OCH3 is 1. The van der Waals surface area contributed by atoms with Crippen LogP contribution < -0.4 is 19.4 Å². The fourth-order valence-electron chi connectivity index (χ4n) is 5.65. The zero-order valence-electron chi connectivity index (χ0n) is 16.5. The molecule has 26 heavy (non-hydrogen) atoms. The summed E-state index contributed by atoms with van der Waals surface area (Å²) in [6.07, 6.45) is 10.3. The van der Waals surface area contributed by atoms with Gasteiger partial charge in [0.25, 0.3) is 0 Å². The summed E-state index contributed by atoms with van der Waals surface area (Å²) in [5, 5.41) is 0. The topological polar surface area (TPSA) is 21.4 Å². The van der Waals surface area contributed by atoms with E-state index in [1.165, 1.54) is 76.8 Å². The molecule has 0 atom stereocenters. The van der Waals surface area contributed by atoms with Gasteiger partial charge in [-0.05, 0) is 37.8 Å². The van der Waals surface area contributed by atoms with Gasteiger partial charge < -0.3 is 19.4 Å². The van der Waals surface area contributed by atoms with Crippen molar-refractivity contribution in [3.8, 4) is 5.75 Å². The maximum Gasteiger partial charge on any atom is 0.142 e. The van der Waals surface area contributed by atoms with Crippen molar-refractivity contribution in [2.24, 2.45) is 0 Å². The molecule has 0 amide bonds. The molecule has 3 fully saturated rings. The molecule has 0 unspecified atom stereocenters. The predicted octanol–water partition coefficient (Wildman–Crippen LogP) is 0.780. The second kappa shape index (κ2) is 8.62. The van der Waals surface area contributed by atoms with Crippen molar-refractivity contribution in [1.82, 2.24) is 0 Å². The van der Waals surface area contributed by atoms with E-state index in [-0.39, 0.29) is 0 Å². The number of hydrogen-bond donors (Lipinski definition) is 2. The van der Waals surface area contributed by atoms with Crippen LogP contribution >= 0.6 is 0 Å². The summed E-state index contributed by atoms with van der Waals surface area (Å²) in [5.74, 6) is 1.01. The first-order valence-electron chi connectivity index (χ1n) is 10.9. The molecule has 4 heteroatoms. The van der Waals surface area contributed by atoms with Gasteiger partial charge in [-0.25, -0.2) is 0 Å². The molecule has 4 nitrogen and oxygen atoms in total. The summed E-state index contributed by atoms with van der Waals surface area (Å²) in [5.41, 5.74) is 1.27. The van der Waals surface area contributed by atoms with E-state index in [1.54, 1.807) is 7.11 Å². The third kappa shape index (κ3) is 4.01. The normalized spacial score (nSPS) is 28.9. The van der Waals surface area contributed by atoms with Gasteiger partial charge in [0, 0.05) is 12.8 Å². The lowest BCUT2D eigenvalue weighted by Gasteiger charge is -2.41. The Morgan fingerprint density at radius 1 is 0.808 bits per heavy atom.